The summed E-state index contributed by atoms with van der Waals surface area (Å²) in [5.74, 6) is -2.18. The fraction of sp³-hybridized carbons (Fsp3) is 0.550. The summed E-state index contributed by atoms with van der Waals surface area (Å²) in [6.07, 6.45) is -0.872. The lowest BCUT2D eigenvalue weighted by Gasteiger charge is -2.36. The molecule has 2 rings (SSSR count). The van der Waals surface area contributed by atoms with E-state index in [0.717, 1.165) is 13.8 Å². The first-order chi connectivity index (χ1) is 16.0. The quantitative estimate of drug-likeness (QED) is 0.265. The second-order valence-electron chi connectivity index (χ2n) is 7.00. The highest BCUT2D eigenvalue weighted by Gasteiger charge is 2.43. The number of aromatic amines is 1. The van der Waals surface area contributed by atoms with Crippen LogP contribution in [0.15, 0.2) is 12.7 Å². The molecule has 186 valence electrons. The summed E-state index contributed by atoms with van der Waals surface area (Å²) in [4.78, 5) is 58.7. The van der Waals surface area contributed by atoms with E-state index in [9.17, 15) is 19.2 Å². The zero-order chi connectivity index (χ0) is 25.4. The smallest absolute Gasteiger partial charge is 0.303 e. The van der Waals surface area contributed by atoms with Crippen LogP contribution in [0, 0.1) is 4.64 Å². The lowest BCUT2D eigenvalue weighted by molar-refractivity contribution is -0.190. The molecule has 0 aromatic carbocycles. The average Bonchev–Trinajstić information content (AvgIpc) is 3.16. The van der Waals surface area contributed by atoms with Gasteiger partial charge in [0.05, 0.1) is 12.7 Å². The van der Waals surface area contributed by atoms with Gasteiger partial charge >= 0.3 is 23.9 Å². The van der Waals surface area contributed by atoms with Crippen LogP contribution in [0.25, 0.3) is 11.2 Å². The SMILES string of the molecule is CCS[C@@H]([C@H](OC(C)=O)[C@H](OC(C)=O)[C@@H](COC(C)=O)OC(C)=O)n1cnc2c(=S)nc[nH]c21. The maximum atomic E-state index is 12.1. The van der Waals surface area contributed by atoms with E-state index >= 15 is 0 Å². The Morgan fingerprint density at radius 2 is 1.62 bits per heavy atom. The molecule has 0 aliphatic rings. The van der Waals surface area contributed by atoms with Crippen molar-refractivity contribution in [3.63, 3.8) is 0 Å². The molecule has 0 spiro atoms. The highest BCUT2D eigenvalue weighted by atomic mass is 32.2. The van der Waals surface area contributed by atoms with E-state index in [1.54, 1.807) is 4.57 Å². The van der Waals surface area contributed by atoms with Gasteiger partial charge in [-0.25, -0.2) is 9.97 Å². The number of fused-ring (bicyclic) bond motifs is 1. The fourth-order valence-corrected chi connectivity index (χ4v) is 4.47. The molecule has 0 aliphatic heterocycles. The zero-order valence-corrected chi connectivity index (χ0v) is 20.9. The second-order valence-corrected chi connectivity index (χ2v) is 8.78. The molecular weight excluding hydrogens is 488 g/mol. The van der Waals surface area contributed by atoms with Gasteiger partial charge in [-0.3, -0.25) is 19.2 Å². The molecule has 0 unspecified atom stereocenters. The summed E-state index contributed by atoms with van der Waals surface area (Å²) < 4.78 is 23.4. The lowest BCUT2D eigenvalue weighted by Crippen LogP contribution is -2.50. The van der Waals surface area contributed by atoms with Gasteiger partial charge in [-0.05, 0) is 5.75 Å². The van der Waals surface area contributed by atoms with Crippen LogP contribution >= 0.6 is 24.0 Å². The number of rotatable bonds is 11. The first-order valence-corrected chi connectivity index (χ1v) is 11.7. The van der Waals surface area contributed by atoms with Crippen LogP contribution in [-0.4, -0.2) is 74.1 Å². The Morgan fingerprint density at radius 3 is 2.18 bits per heavy atom. The van der Waals surface area contributed by atoms with Crippen molar-refractivity contribution in [1.29, 1.82) is 0 Å². The molecule has 0 saturated carbocycles. The molecule has 2 aromatic heterocycles. The van der Waals surface area contributed by atoms with Crippen LogP contribution in [0.3, 0.4) is 0 Å². The molecule has 2 heterocycles. The Kier molecular flexibility index (Phi) is 9.98. The van der Waals surface area contributed by atoms with Crippen LogP contribution in [0.2, 0.25) is 0 Å². The summed E-state index contributed by atoms with van der Waals surface area (Å²) in [5.41, 5.74) is 0.912. The molecule has 0 fully saturated rings. The third-order valence-electron chi connectivity index (χ3n) is 4.33. The number of ether oxygens (including phenoxy) is 4. The largest absolute Gasteiger partial charge is 0.462 e. The summed E-state index contributed by atoms with van der Waals surface area (Å²) in [7, 11) is 0. The van der Waals surface area contributed by atoms with Gasteiger partial charge in [0.2, 0.25) is 0 Å². The van der Waals surface area contributed by atoms with Crippen molar-refractivity contribution in [1.82, 2.24) is 19.5 Å². The number of nitrogens with zero attached hydrogens (tertiary/aromatic N) is 3. The van der Waals surface area contributed by atoms with E-state index in [1.807, 2.05) is 6.92 Å². The van der Waals surface area contributed by atoms with Crippen molar-refractivity contribution in [3.8, 4) is 0 Å². The predicted octanol–water partition coefficient (Wildman–Crippen LogP) is 2.10. The summed E-state index contributed by atoms with van der Waals surface area (Å²) >= 11 is 6.59. The number of imidazole rings is 1. The topological polar surface area (TPSA) is 152 Å². The molecule has 0 saturated heterocycles. The van der Waals surface area contributed by atoms with Gasteiger partial charge in [-0.15, -0.1) is 11.8 Å². The number of thioether (sulfide) groups is 1. The molecule has 14 heteroatoms. The van der Waals surface area contributed by atoms with Crippen LogP contribution in [0.4, 0.5) is 0 Å². The van der Waals surface area contributed by atoms with Gasteiger partial charge < -0.3 is 28.5 Å². The van der Waals surface area contributed by atoms with Gasteiger partial charge in [-0.1, -0.05) is 19.1 Å². The van der Waals surface area contributed by atoms with Gasteiger partial charge in [0.1, 0.15) is 23.1 Å². The summed E-state index contributed by atoms with van der Waals surface area (Å²) in [6, 6.07) is 0. The molecule has 0 radical (unpaired) electrons. The molecule has 0 aliphatic carbocycles. The Hall–Kier alpha value is -3.00. The minimum Gasteiger partial charge on any atom is -0.462 e. The highest BCUT2D eigenvalue weighted by molar-refractivity contribution is 7.99. The van der Waals surface area contributed by atoms with Crippen molar-refractivity contribution in [2.24, 2.45) is 0 Å². The van der Waals surface area contributed by atoms with Crippen molar-refractivity contribution in [3.05, 3.63) is 17.3 Å². The normalized spacial score (nSPS) is 14.5. The van der Waals surface area contributed by atoms with Crippen LogP contribution in [0.5, 0.6) is 0 Å². The minimum atomic E-state index is -1.32. The zero-order valence-electron chi connectivity index (χ0n) is 19.3. The Labute approximate surface area is 204 Å². The molecule has 0 amide bonds. The van der Waals surface area contributed by atoms with Gasteiger partial charge in [-0.2, -0.15) is 0 Å². The maximum absolute atomic E-state index is 12.1. The first-order valence-electron chi connectivity index (χ1n) is 10.2. The van der Waals surface area contributed by atoms with Crippen LogP contribution in [0.1, 0.15) is 40.0 Å². The number of nitrogens with one attached hydrogen (secondary N) is 1. The molecule has 0 bridgehead atoms. The van der Waals surface area contributed by atoms with Crippen LogP contribution in [-0.2, 0) is 38.1 Å². The average molecular weight is 515 g/mol. The van der Waals surface area contributed by atoms with E-state index < -0.39 is 54.2 Å². The Balaban J connectivity index is 2.65. The lowest BCUT2D eigenvalue weighted by atomic mass is 10.1. The molecular formula is C20H26N4O8S2. The number of esters is 4. The highest BCUT2D eigenvalue weighted by Crippen LogP contribution is 2.35. The van der Waals surface area contributed by atoms with E-state index in [-0.39, 0.29) is 4.64 Å². The van der Waals surface area contributed by atoms with Crippen molar-refractivity contribution in [2.45, 2.75) is 58.3 Å². The van der Waals surface area contributed by atoms with Gasteiger partial charge in [0.25, 0.3) is 0 Å². The standard InChI is InChI=1S/C20H26N4O8S2/c1-6-34-20(24-9-23-15-18(24)21-8-22-19(15)33)17(32-13(5)28)16(31-12(4)27)14(30-11(3)26)7-29-10(2)25/h8-9,14,16-17,20H,6-7H2,1-5H3,(H,21,22,33)/t14-,16-,17-,20+/m1/s1. The number of carbonyl (C=O) groups is 4. The summed E-state index contributed by atoms with van der Waals surface area (Å²) in [6.45, 7) is 6.15. The third kappa shape index (κ3) is 7.25. The van der Waals surface area contributed by atoms with Gasteiger partial charge in [0.15, 0.2) is 23.0 Å². The van der Waals surface area contributed by atoms with Crippen LogP contribution < -0.4 is 0 Å². The number of H-pyrrole nitrogens is 1. The van der Waals surface area contributed by atoms with Crippen molar-refractivity contribution >= 4 is 59.0 Å². The Bertz CT molecular complexity index is 1100. The number of aromatic nitrogens is 4. The van der Waals surface area contributed by atoms with Crippen molar-refractivity contribution in [2.75, 3.05) is 12.4 Å². The minimum absolute atomic E-state index is 0.265. The molecule has 12 nitrogen and oxygen atoms in total. The fourth-order valence-electron chi connectivity index (χ4n) is 3.20. The van der Waals surface area contributed by atoms with E-state index in [0.29, 0.717) is 16.9 Å². The number of hydrogen-bond donors (Lipinski definition) is 1. The molecule has 1 N–H and O–H groups in total. The van der Waals surface area contributed by atoms with E-state index in [4.69, 9.17) is 31.2 Å². The number of hydrogen-bond acceptors (Lipinski definition) is 12. The number of carbonyl (C=O) groups excluding carboxylic acids is 4. The van der Waals surface area contributed by atoms with E-state index in [2.05, 4.69) is 15.0 Å². The maximum Gasteiger partial charge on any atom is 0.303 e. The van der Waals surface area contributed by atoms with E-state index in [1.165, 1.54) is 38.3 Å². The second kappa shape index (κ2) is 12.5. The molecule has 2 aromatic rings. The Morgan fingerprint density at radius 1 is 1.00 bits per heavy atom. The monoisotopic (exact) mass is 514 g/mol. The van der Waals surface area contributed by atoms with Gasteiger partial charge in [0, 0.05) is 27.7 Å². The third-order valence-corrected chi connectivity index (χ3v) is 5.80. The predicted molar refractivity (Wildman–Crippen MR) is 123 cm³/mol. The first kappa shape index (κ1) is 27.2. The molecule has 34 heavy (non-hydrogen) atoms. The molecule has 4 atom stereocenters. The summed E-state index contributed by atoms with van der Waals surface area (Å²) in [5, 5.41) is -0.716. The van der Waals surface area contributed by atoms with Crippen molar-refractivity contribution < 1.29 is 38.1 Å².